The van der Waals surface area contributed by atoms with E-state index in [-0.39, 0.29) is 11.9 Å². The minimum atomic E-state index is -3.57. The zero-order valence-corrected chi connectivity index (χ0v) is 16.1. The molecule has 0 bridgehead atoms. The Morgan fingerprint density at radius 3 is 2.33 bits per heavy atom. The van der Waals surface area contributed by atoms with E-state index in [4.69, 9.17) is 0 Å². The van der Waals surface area contributed by atoms with E-state index >= 15 is 0 Å². The zero-order chi connectivity index (χ0) is 18.1. The number of aryl methyl sites for hydroxylation is 2. The summed E-state index contributed by atoms with van der Waals surface area (Å²) in [5.41, 5.74) is 2.39. The predicted octanol–water partition coefficient (Wildman–Crippen LogP) is 2.86. The normalized spacial score (nSPS) is 16.9. The van der Waals surface area contributed by atoms with E-state index in [1.165, 1.54) is 4.31 Å². The highest BCUT2D eigenvalue weighted by atomic mass is 32.2. The van der Waals surface area contributed by atoms with Crippen molar-refractivity contribution >= 4 is 21.6 Å². The summed E-state index contributed by atoms with van der Waals surface area (Å²) in [4.78, 5) is 14.6. The number of hydrogen-bond donors (Lipinski definition) is 0. The third-order valence-electron chi connectivity index (χ3n) is 4.89. The van der Waals surface area contributed by atoms with Gasteiger partial charge in [-0.1, -0.05) is 25.0 Å². The first-order valence-electron chi connectivity index (χ1n) is 8.46. The Kier molecular flexibility index (Phi) is 5.58. The number of rotatable bonds is 5. The third-order valence-corrected chi connectivity index (χ3v) is 6.12. The summed E-state index contributed by atoms with van der Waals surface area (Å²) in [7, 11) is -1.78. The maximum Gasteiger partial charge on any atom is 0.246 e. The molecule has 0 saturated heterocycles. The number of amides is 1. The van der Waals surface area contributed by atoms with Gasteiger partial charge in [0.25, 0.3) is 0 Å². The number of sulfonamides is 1. The van der Waals surface area contributed by atoms with Crippen molar-refractivity contribution in [2.75, 3.05) is 17.6 Å². The molecule has 1 saturated carbocycles. The summed E-state index contributed by atoms with van der Waals surface area (Å²) < 4.78 is 26.1. The second kappa shape index (κ2) is 7.13. The molecule has 134 valence electrons. The maximum atomic E-state index is 12.9. The fourth-order valence-electron chi connectivity index (χ4n) is 3.50. The molecule has 0 aliphatic heterocycles. The highest BCUT2D eigenvalue weighted by Gasteiger charge is 2.34. The van der Waals surface area contributed by atoms with E-state index < -0.39 is 16.1 Å². The summed E-state index contributed by atoms with van der Waals surface area (Å²) in [6.45, 7) is 5.46. The van der Waals surface area contributed by atoms with Crippen molar-refractivity contribution in [2.45, 2.75) is 58.5 Å². The predicted molar refractivity (Wildman–Crippen MR) is 97.7 cm³/mol. The standard InChI is InChI=1S/C18H28N2O3S/c1-13-10-11-14(2)17(12-13)20(24(5,22)23)15(3)18(21)19(4)16-8-6-7-9-16/h10-12,15-16H,6-9H2,1-5H3. The first kappa shape index (κ1) is 18.8. The number of nitrogens with zero attached hydrogens (tertiary/aromatic N) is 2. The molecule has 5 nitrogen and oxygen atoms in total. The lowest BCUT2D eigenvalue weighted by Crippen LogP contribution is -2.50. The third kappa shape index (κ3) is 3.91. The zero-order valence-electron chi connectivity index (χ0n) is 15.2. The van der Waals surface area contributed by atoms with Gasteiger partial charge in [-0.25, -0.2) is 8.42 Å². The Labute approximate surface area is 145 Å². The Bertz CT molecular complexity index is 709. The van der Waals surface area contributed by atoms with Gasteiger partial charge in [0, 0.05) is 13.1 Å². The fraction of sp³-hybridized carbons (Fsp3) is 0.611. The molecule has 1 fully saturated rings. The lowest BCUT2D eigenvalue weighted by molar-refractivity contribution is -0.132. The summed E-state index contributed by atoms with van der Waals surface area (Å²) in [6, 6.07) is 5.12. The number of hydrogen-bond acceptors (Lipinski definition) is 3. The van der Waals surface area contributed by atoms with Gasteiger partial charge in [-0.15, -0.1) is 0 Å². The molecule has 1 aliphatic carbocycles. The van der Waals surface area contributed by atoms with Crippen molar-refractivity contribution in [3.8, 4) is 0 Å². The Morgan fingerprint density at radius 1 is 1.21 bits per heavy atom. The van der Waals surface area contributed by atoms with E-state index in [1.807, 2.05) is 32.0 Å². The minimum absolute atomic E-state index is 0.145. The van der Waals surface area contributed by atoms with Gasteiger partial charge in [0.1, 0.15) is 6.04 Å². The molecular formula is C18H28N2O3S. The van der Waals surface area contributed by atoms with E-state index in [9.17, 15) is 13.2 Å². The highest BCUT2D eigenvalue weighted by Crippen LogP contribution is 2.28. The summed E-state index contributed by atoms with van der Waals surface area (Å²) in [5, 5.41) is 0. The topological polar surface area (TPSA) is 57.7 Å². The largest absolute Gasteiger partial charge is 0.341 e. The van der Waals surface area contributed by atoms with Gasteiger partial charge in [0.2, 0.25) is 15.9 Å². The monoisotopic (exact) mass is 352 g/mol. The molecule has 0 heterocycles. The average molecular weight is 353 g/mol. The van der Waals surface area contributed by atoms with Crippen LogP contribution in [0.5, 0.6) is 0 Å². The smallest absolute Gasteiger partial charge is 0.246 e. The van der Waals surface area contributed by atoms with Crippen molar-refractivity contribution in [3.05, 3.63) is 29.3 Å². The summed E-state index contributed by atoms with van der Waals surface area (Å²) >= 11 is 0. The van der Waals surface area contributed by atoms with Crippen LogP contribution in [-0.2, 0) is 14.8 Å². The minimum Gasteiger partial charge on any atom is -0.341 e. The molecule has 1 atom stereocenters. The number of benzene rings is 1. The Balaban J connectivity index is 2.37. The number of anilines is 1. The molecule has 1 amide bonds. The molecule has 6 heteroatoms. The van der Waals surface area contributed by atoms with Gasteiger partial charge in [0.05, 0.1) is 11.9 Å². The van der Waals surface area contributed by atoms with Crippen molar-refractivity contribution in [2.24, 2.45) is 0 Å². The van der Waals surface area contributed by atoms with Crippen molar-refractivity contribution in [1.29, 1.82) is 0 Å². The van der Waals surface area contributed by atoms with Gasteiger partial charge in [-0.3, -0.25) is 9.10 Å². The molecule has 1 aromatic rings. The Hall–Kier alpha value is -1.56. The first-order chi connectivity index (χ1) is 11.1. The molecule has 24 heavy (non-hydrogen) atoms. The lowest BCUT2D eigenvalue weighted by atomic mass is 10.1. The van der Waals surface area contributed by atoms with Gasteiger partial charge in [0.15, 0.2) is 0 Å². The molecular weight excluding hydrogens is 324 g/mol. The van der Waals surface area contributed by atoms with Crippen LogP contribution in [0, 0.1) is 13.8 Å². The summed E-state index contributed by atoms with van der Waals surface area (Å²) in [6.07, 6.45) is 5.41. The Morgan fingerprint density at radius 2 is 1.79 bits per heavy atom. The van der Waals surface area contributed by atoms with Crippen LogP contribution >= 0.6 is 0 Å². The second-order valence-electron chi connectivity index (χ2n) is 6.91. The molecule has 0 aromatic heterocycles. The number of carbonyl (C=O) groups excluding carboxylic acids is 1. The molecule has 1 aliphatic rings. The van der Waals surface area contributed by atoms with Crippen molar-refractivity contribution in [3.63, 3.8) is 0 Å². The molecule has 1 aromatic carbocycles. The number of likely N-dealkylation sites (N-methyl/N-ethyl adjacent to an activating group) is 1. The van der Waals surface area contributed by atoms with Crippen LogP contribution in [0.1, 0.15) is 43.7 Å². The highest BCUT2D eigenvalue weighted by molar-refractivity contribution is 7.92. The first-order valence-corrected chi connectivity index (χ1v) is 10.3. The average Bonchev–Trinajstić information content (AvgIpc) is 3.02. The molecule has 0 spiro atoms. The summed E-state index contributed by atoms with van der Waals surface area (Å²) in [5.74, 6) is -0.145. The quantitative estimate of drug-likeness (QED) is 0.819. The van der Waals surface area contributed by atoms with Crippen LogP contribution in [0.4, 0.5) is 5.69 Å². The fourth-order valence-corrected chi connectivity index (χ4v) is 4.72. The van der Waals surface area contributed by atoms with Crippen LogP contribution in [-0.4, -0.2) is 44.6 Å². The van der Waals surface area contributed by atoms with Crippen LogP contribution in [0.25, 0.3) is 0 Å². The van der Waals surface area contributed by atoms with E-state index in [1.54, 1.807) is 18.9 Å². The SMILES string of the molecule is Cc1ccc(C)c(N(C(C)C(=O)N(C)C2CCCC2)S(C)(=O)=O)c1. The van der Waals surface area contributed by atoms with Crippen molar-refractivity contribution < 1.29 is 13.2 Å². The number of carbonyl (C=O) groups is 1. The van der Waals surface area contributed by atoms with E-state index in [0.717, 1.165) is 43.1 Å². The maximum absolute atomic E-state index is 12.9. The van der Waals surface area contributed by atoms with Gasteiger partial charge in [-0.2, -0.15) is 0 Å². The van der Waals surface area contributed by atoms with E-state index in [0.29, 0.717) is 5.69 Å². The second-order valence-corrected chi connectivity index (χ2v) is 8.77. The van der Waals surface area contributed by atoms with Crippen LogP contribution in [0.2, 0.25) is 0 Å². The van der Waals surface area contributed by atoms with Crippen LogP contribution in [0.3, 0.4) is 0 Å². The van der Waals surface area contributed by atoms with Gasteiger partial charge < -0.3 is 4.90 Å². The van der Waals surface area contributed by atoms with Crippen LogP contribution in [0.15, 0.2) is 18.2 Å². The van der Waals surface area contributed by atoms with Crippen LogP contribution < -0.4 is 4.31 Å². The van der Waals surface area contributed by atoms with Crippen molar-refractivity contribution in [1.82, 2.24) is 4.90 Å². The van der Waals surface area contributed by atoms with E-state index in [2.05, 4.69) is 0 Å². The lowest BCUT2D eigenvalue weighted by Gasteiger charge is -2.34. The molecule has 2 rings (SSSR count). The van der Waals surface area contributed by atoms with Gasteiger partial charge >= 0.3 is 0 Å². The molecule has 0 N–H and O–H groups in total. The molecule has 0 radical (unpaired) electrons. The van der Waals surface area contributed by atoms with Gasteiger partial charge in [-0.05, 0) is 50.8 Å². The molecule has 1 unspecified atom stereocenters.